The van der Waals surface area contributed by atoms with Crippen LogP contribution in [0.15, 0.2) is 59.6 Å². The Bertz CT molecular complexity index is 702. The molecule has 0 heterocycles. The van der Waals surface area contributed by atoms with Crippen molar-refractivity contribution in [3.63, 3.8) is 0 Å². The number of nitrogens with one attached hydrogen (secondary N) is 2. The zero-order valence-corrected chi connectivity index (χ0v) is 14.4. The average Bonchev–Trinajstić information content (AvgIpc) is 2.63. The van der Waals surface area contributed by atoms with Gasteiger partial charge in [-0.25, -0.2) is 4.99 Å². The maximum absolute atomic E-state index is 11.8. The van der Waals surface area contributed by atoms with Crippen molar-refractivity contribution in [3.05, 3.63) is 65.7 Å². The summed E-state index contributed by atoms with van der Waals surface area (Å²) in [5.41, 5.74) is 8.82. The number of hydrogen-bond donors (Lipinski definition) is 3. The van der Waals surface area contributed by atoms with E-state index in [1.54, 1.807) is 7.11 Å². The molecule has 0 aliphatic heterocycles. The molecule has 0 saturated carbocycles. The molecule has 6 heteroatoms. The number of hydrogen-bond acceptors (Lipinski definition) is 3. The minimum atomic E-state index is -0.161. The molecule has 2 aromatic carbocycles. The molecule has 1 amide bonds. The van der Waals surface area contributed by atoms with Crippen LogP contribution in [-0.2, 0) is 22.6 Å². The number of nitrogens with two attached hydrogens (primary N) is 1. The Morgan fingerprint density at radius 2 is 1.84 bits per heavy atom. The molecular formula is C19H24N4O2. The summed E-state index contributed by atoms with van der Waals surface area (Å²) >= 11 is 0. The number of anilines is 1. The molecule has 6 nitrogen and oxygen atoms in total. The van der Waals surface area contributed by atoms with Crippen molar-refractivity contribution in [3.8, 4) is 0 Å². The van der Waals surface area contributed by atoms with Gasteiger partial charge in [0, 0.05) is 24.9 Å². The van der Waals surface area contributed by atoms with Crippen LogP contribution in [0.5, 0.6) is 0 Å². The molecule has 0 unspecified atom stereocenters. The van der Waals surface area contributed by atoms with Crippen LogP contribution in [0.2, 0.25) is 0 Å². The molecule has 25 heavy (non-hydrogen) atoms. The Morgan fingerprint density at radius 1 is 1.12 bits per heavy atom. The van der Waals surface area contributed by atoms with E-state index in [-0.39, 0.29) is 18.4 Å². The van der Waals surface area contributed by atoms with Crippen molar-refractivity contribution in [2.24, 2.45) is 10.7 Å². The summed E-state index contributed by atoms with van der Waals surface area (Å²) in [5, 5.41) is 5.83. The molecule has 4 N–H and O–H groups in total. The summed E-state index contributed by atoms with van der Waals surface area (Å²) in [6, 6.07) is 17.6. The Balaban J connectivity index is 1.77. The third-order valence-electron chi connectivity index (χ3n) is 3.55. The fourth-order valence-corrected chi connectivity index (χ4v) is 2.30. The first-order valence-electron chi connectivity index (χ1n) is 8.13. The number of methoxy groups -OCH3 is 1. The van der Waals surface area contributed by atoms with Gasteiger partial charge in [-0.15, -0.1) is 0 Å². The first-order chi connectivity index (χ1) is 12.2. The molecule has 0 atom stereocenters. The number of nitrogens with zero attached hydrogens (tertiary/aromatic N) is 1. The van der Waals surface area contributed by atoms with E-state index in [4.69, 9.17) is 10.5 Å². The van der Waals surface area contributed by atoms with Gasteiger partial charge in [0.15, 0.2) is 5.96 Å². The van der Waals surface area contributed by atoms with Crippen LogP contribution in [0, 0.1) is 0 Å². The largest absolute Gasteiger partial charge is 0.380 e. The highest BCUT2D eigenvalue weighted by atomic mass is 16.5. The predicted molar refractivity (Wildman–Crippen MR) is 100 cm³/mol. The molecular weight excluding hydrogens is 316 g/mol. The fourth-order valence-electron chi connectivity index (χ4n) is 2.30. The number of ether oxygens (including phenoxy) is 1. The highest BCUT2D eigenvalue weighted by Gasteiger charge is 2.04. The number of carbonyl (C=O) groups excluding carboxylic acids is 1. The molecule has 0 radical (unpaired) electrons. The van der Waals surface area contributed by atoms with Gasteiger partial charge in [0.1, 0.15) is 6.54 Å². The van der Waals surface area contributed by atoms with Gasteiger partial charge < -0.3 is 21.1 Å². The van der Waals surface area contributed by atoms with Crippen molar-refractivity contribution in [2.45, 2.75) is 13.0 Å². The molecule has 0 fully saturated rings. The second-order valence-corrected chi connectivity index (χ2v) is 5.50. The van der Waals surface area contributed by atoms with Crippen molar-refractivity contribution >= 4 is 17.6 Å². The van der Waals surface area contributed by atoms with E-state index in [0.29, 0.717) is 13.2 Å². The number of amides is 1. The smallest absolute Gasteiger partial charge is 0.241 e. The standard InChI is InChI=1S/C19H24N4O2/c1-25-14-16-9-5-6-10-17(16)23-19(20)22-13-18(24)21-12-11-15-7-3-2-4-8-15/h2-10H,11-14H2,1H3,(H,21,24)(H3,20,22,23). The lowest BCUT2D eigenvalue weighted by Crippen LogP contribution is -2.30. The molecule has 0 aliphatic rings. The molecule has 0 spiro atoms. The topological polar surface area (TPSA) is 88.7 Å². The summed E-state index contributed by atoms with van der Waals surface area (Å²) in [6.45, 7) is 1.03. The van der Waals surface area contributed by atoms with Gasteiger partial charge in [-0.2, -0.15) is 0 Å². The number of benzene rings is 2. The maximum Gasteiger partial charge on any atom is 0.241 e. The van der Waals surface area contributed by atoms with Crippen LogP contribution in [-0.4, -0.2) is 32.1 Å². The van der Waals surface area contributed by atoms with Gasteiger partial charge in [0.05, 0.1) is 6.61 Å². The van der Waals surface area contributed by atoms with Gasteiger partial charge in [0.2, 0.25) is 5.91 Å². The number of carbonyl (C=O) groups is 1. The molecule has 132 valence electrons. The van der Waals surface area contributed by atoms with E-state index in [2.05, 4.69) is 15.6 Å². The summed E-state index contributed by atoms with van der Waals surface area (Å²) in [6.07, 6.45) is 0.786. The van der Waals surface area contributed by atoms with E-state index < -0.39 is 0 Å². The lowest BCUT2D eigenvalue weighted by atomic mass is 10.1. The van der Waals surface area contributed by atoms with Crippen LogP contribution < -0.4 is 16.4 Å². The van der Waals surface area contributed by atoms with Crippen molar-refractivity contribution in [2.75, 3.05) is 25.5 Å². The third kappa shape index (κ3) is 6.64. The molecule has 2 aromatic rings. The van der Waals surface area contributed by atoms with Gasteiger partial charge in [-0.05, 0) is 18.1 Å². The van der Waals surface area contributed by atoms with Gasteiger partial charge in [0.25, 0.3) is 0 Å². The summed E-state index contributed by atoms with van der Waals surface area (Å²) in [5.74, 6) is 0.0348. The van der Waals surface area contributed by atoms with E-state index >= 15 is 0 Å². The Kier molecular flexibility index (Phi) is 7.46. The summed E-state index contributed by atoms with van der Waals surface area (Å²) < 4.78 is 5.14. The Morgan fingerprint density at radius 3 is 2.60 bits per heavy atom. The minimum Gasteiger partial charge on any atom is -0.380 e. The molecule has 0 aliphatic carbocycles. The number of para-hydroxylation sites is 1. The lowest BCUT2D eigenvalue weighted by Gasteiger charge is -2.10. The monoisotopic (exact) mass is 340 g/mol. The van der Waals surface area contributed by atoms with Gasteiger partial charge in [-0.3, -0.25) is 4.79 Å². The number of aliphatic imine (C=N–C) groups is 1. The second-order valence-electron chi connectivity index (χ2n) is 5.50. The third-order valence-corrected chi connectivity index (χ3v) is 3.55. The first kappa shape index (κ1) is 18.5. The van der Waals surface area contributed by atoms with Crippen LogP contribution in [0.1, 0.15) is 11.1 Å². The van der Waals surface area contributed by atoms with Gasteiger partial charge >= 0.3 is 0 Å². The predicted octanol–water partition coefficient (Wildman–Crippen LogP) is 1.92. The quantitative estimate of drug-likeness (QED) is 0.506. The van der Waals surface area contributed by atoms with E-state index in [1.165, 1.54) is 5.56 Å². The fraction of sp³-hybridized carbons (Fsp3) is 0.263. The van der Waals surface area contributed by atoms with E-state index in [0.717, 1.165) is 17.7 Å². The van der Waals surface area contributed by atoms with Crippen LogP contribution in [0.4, 0.5) is 5.69 Å². The number of guanidine groups is 1. The lowest BCUT2D eigenvalue weighted by molar-refractivity contribution is -0.119. The normalized spacial score (nSPS) is 11.2. The van der Waals surface area contributed by atoms with Gasteiger partial charge in [-0.1, -0.05) is 48.5 Å². The zero-order chi connectivity index (χ0) is 17.9. The highest BCUT2D eigenvalue weighted by molar-refractivity contribution is 5.94. The Labute approximate surface area is 148 Å². The highest BCUT2D eigenvalue weighted by Crippen LogP contribution is 2.15. The molecule has 0 bridgehead atoms. The molecule has 0 aromatic heterocycles. The minimum absolute atomic E-state index is 0.0138. The SMILES string of the molecule is COCc1ccccc1NC(N)=NCC(=O)NCCc1ccccc1. The first-order valence-corrected chi connectivity index (χ1v) is 8.13. The van der Waals surface area contributed by atoms with Crippen molar-refractivity contribution in [1.29, 1.82) is 0 Å². The van der Waals surface area contributed by atoms with Crippen LogP contribution in [0.25, 0.3) is 0 Å². The Hall–Kier alpha value is -2.86. The van der Waals surface area contributed by atoms with E-state index in [9.17, 15) is 4.79 Å². The average molecular weight is 340 g/mol. The number of rotatable bonds is 8. The molecule has 0 saturated heterocycles. The zero-order valence-electron chi connectivity index (χ0n) is 14.4. The van der Waals surface area contributed by atoms with E-state index in [1.807, 2.05) is 54.6 Å². The molecule has 2 rings (SSSR count). The summed E-state index contributed by atoms with van der Waals surface area (Å²) in [4.78, 5) is 15.9. The van der Waals surface area contributed by atoms with Crippen LogP contribution >= 0.6 is 0 Å². The van der Waals surface area contributed by atoms with Crippen LogP contribution in [0.3, 0.4) is 0 Å². The second kappa shape index (κ2) is 10.1. The van der Waals surface area contributed by atoms with Crippen molar-refractivity contribution < 1.29 is 9.53 Å². The summed E-state index contributed by atoms with van der Waals surface area (Å²) in [7, 11) is 1.63. The van der Waals surface area contributed by atoms with Crippen molar-refractivity contribution in [1.82, 2.24) is 5.32 Å². The maximum atomic E-state index is 11.8.